The van der Waals surface area contributed by atoms with E-state index in [9.17, 15) is 4.79 Å². The Morgan fingerprint density at radius 2 is 1.96 bits per heavy atom. The van der Waals surface area contributed by atoms with E-state index in [2.05, 4.69) is 17.6 Å². The Labute approximate surface area is 145 Å². The predicted molar refractivity (Wildman–Crippen MR) is 96.4 cm³/mol. The van der Waals surface area contributed by atoms with Crippen LogP contribution in [-0.4, -0.2) is 32.1 Å². The zero-order valence-corrected chi connectivity index (χ0v) is 14.8. The van der Waals surface area contributed by atoms with E-state index in [-0.39, 0.29) is 18.3 Å². The fraction of sp³-hybridized carbons (Fsp3) is 0.611. The van der Waals surface area contributed by atoms with Crippen molar-refractivity contribution in [3.05, 3.63) is 29.8 Å². The zero-order chi connectivity index (χ0) is 15.6. The number of hydrogen-bond acceptors (Lipinski definition) is 3. The summed E-state index contributed by atoms with van der Waals surface area (Å²) >= 11 is 0. The topological polar surface area (TPSA) is 50.4 Å². The Morgan fingerprint density at radius 3 is 2.65 bits per heavy atom. The molecule has 0 spiro atoms. The van der Waals surface area contributed by atoms with Gasteiger partial charge in [-0.05, 0) is 63.7 Å². The number of amides is 1. The highest BCUT2D eigenvalue weighted by molar-refractivity contribution is 5.85. The van der Waals surface area contributed by atoms with Gasteiger partial charge in [0.1, 0.15) is 5.75 Å². The van der Waals surface area contributed by atoms with E-state index in [1.165, 1.54) is 18.4 Å². The molecule has 23 heavy (non-hydrogen) atoms. The number of carbonyl (C=O) groups excluding carboxylic acids is 1. The minimum absolute atomic E-state index is 0. The van der Waals surface area contributed by atoms with E-state index in [4.69, 9.17) is 4.74 Å². The molecular weight excluding hydrogens is 312 g/mol. The van der Waals surface area contributed by atoms with Crippen LogP contribution in [0.1, 0.15) is 37.7 Å². The number of nitrogens with one attached hydrogen (secondary N) is 2. The number of rotatable bonds is 8. The summed E-state index contributed by atoms with van der Waals surface area (Å²) in [5, 5.41) is 6.34. The van der Waals surface area contributed by atoms with E-state index >= 15 is 0 Å². The van der Waals surface area contributed by atoms with E-state index in [0.717, 1.165) is 37.6 Å². The molecule has 5 heteroatoms. The van der Waals surface area contributed by atoms with Crippen LogP contribution in [0.3, 0.4) is 0 Å². The molecule has 0 saturated carbocycles. The minimum Gasteiger partial charge on any atom is -0.494 e. The van der Waals surface area contributed by atoms with Crippen LogP contribution < -0.4 is 15.4 Å². The maximum absolute atomic E-state index is 11.8. The average Bonchev–Trinajstić information content (AvgIpc) is 2.55. The smallest absolute Gasteiger partial charge is 0.220 e. The first-order chi connectivity index (χ1) is 10.7. The first-order valence-corrected chi connectivity index (χ1v) is 8.41. The minimum atomic E-state index is 0. The van der Waals surface area contributed by atoms with Gasteiger partial charge in [0.25, 0.3) is 0 Å². The van der Waals surface area contributed by atoms with Gasteiger partial charge in [0.15, 0.2) is 0 Å². The summed E-state index contributed by atoms with van der Waals surface area (Å²) in [5.41, 5.74) is 1.23. The lowest BCUT2D eigenvalue weighted by atomic mass is 9.93. The molecule has 0 atom stereocenters. The van der Waals surface area contributed by atoms with E-state index < -0.39 is 0 Å². The molecule has 1 aromatic carbocycles. The summed E-state index contributed by atoms with van der Waals surface area (Å²) < 4.78 is 5.64. The third-order valence-electron chi connectivity index (χ3n) is 4.17. The molecule has 2 rings (SSSR count). The van der Waals surface area contributed by atoms with Gasteiger partial charge in [0.2, 0.25) is 5.91 Å². The third-order valence-corrected chi connectivity index (χ3v) is 4.17. The fourth-order valence-electron chi connectivity index (χ4n) is 2.72. The number of aryl methyl sites for hydroxylation is 1. The van der Waals surface area contributed by atoms with Gasteiger partial charge in [-0.25, -0.2) is 0 Å². The van der Waals surface area contributed by atoms with Crippen molar-refractivity contribution in [3.8, 4) is 5.75 Å². The number of ether oxygens (including phenoxy) is 1. The Bertz CT molecular complexity index is 445. The van der Waals surface area contributed by atoms with Crippen molar-refractivity contribution in [3.63, 3.8) is 0 Å². The van der Waals surface area contributed by atoms with Crippen molar-refractivity contribution in [1.29, 1.82) is 0 Å². The van der Waals surface area contributed by atoms with Crippen LogP contribution in [-0.2, 0) is 4.79 Å². The molecule has 0 aromatic heterocycles. The Balaban J connectivity index is 0.00000264. The van der Waals surface area contributed by atoms with Crippen LogP contribution in [0.25, 0.3) is 0 Å². The summed E-state index contributed by atoms with van der Waals surface area (Å²) in [4.78, 5) is 11.8. The van der Waals surface area contributed by atoms with Gasteiger partial charge in [-0.15, -0.1) is 12.4 Å². The van der Waals surface area contributed by atoms with Crippen molar-refractivity contribution in [1.82, 2.24) is 10.6 Å². The first kappa shape index (κ1) is 19.8. The molecule has 1 fully saturated rings. The van der Waals surface area contributed by atoms with Crippen molar-refractivity contribution >= 4 is 18.3 Å². The van der Waals surface area contributed by atoms with Gasteiger partial charge in [-0.1, -0.05) is 17.7 Å². The van der Waals surface area contributed by atoms with Crippen molar-refractivity contribution in [2.45, 2.75) is 39.0 Å². The standard InChI is InChI=1S/C18H28N2O2.ClH/c1-15-3-6-17(7-4-15)22-14-2-11-20-18(21)8-5-16-9-12-19-13-10-16;/h3-4,6-7,16,19H,2,5,8-14H2,1H3,(H,20,21);1H. The normalized spacial score (nSPS) is 14.8. The number of benzene rings is 1. The summed E-state index contributed by atoms with van der Waals surface area (Å²) in [6.45, 7) is 5.59. The van der Waals surface area contributed by atoms with Crippen LogP contribution in [0.2, 0.25) is 0 Å². The maximum atomic E-state index is 11.8. The second kappa shape index (κ2) is 11.3. The van der Waals surface area contributed by atoms with Gasteiger partial charge in [0.05, 0.1) is 6.61 Å². The van der Waals surface area contributed by atoms with Crippen LogP contribution >= 0.6 is 12.4 Å². The molecule has 130 valence electrons. The van der Waals surface area contributed by atoms with Gasteiger partial charge in [-0.3, -0.25) is 4.79 Å². The molecule has 1 saturated heterocycles. The first-order valence-electron chi connectivity index (χ1n) is 8.41. The highest BCUT2D eigenvalue weighted by Crippen LogP contribution is 2.17. The predicted octanol–water partition coefficient (Wildman–Crippen LogP) is 3.08. The molecule has 1 aliphatic rings. The fourth-order valence-corrected chi connectivity index (χ4v) is 2.72. The van der Waals surface area contributed by atoms with Crippen LogP contribution in [0.4, 0.5) is 0 Å². The lowest BCUT2D eigenvalue weighted by Crippen LogP contribution is -2.30. The molecule has 0 bridgehead atoms. The monoisotopic (exact) mass is 340 g/mol. The number of piperidine rings is 1. The lowest BCUT2D eigenvalue weighted by molar-refractivity contribution is -0.121. The molecule has 4 nitrogen and oxygen atoms in total. The van der Waals surface area contributed by atoms with Crippen LogP contribution in [0.15, 0.2) is 24.3 Å². The van der Waals surface area contributed by atoms with Crippen LogP contribution in [0.5, 0.6) is 5.75 Å². The van der Waals surface area contributed by atoms with Crippen LogP contribution in [0, 0.1) is 12.8 Å². The van der Waals surface area contributed by atoms with E-state index in [0.29, 0.717) is 19.6 Å². The quantitative estimate of drug-likeness (QED) is 0.715. The summed E-state index contributed by atoms with van der Waals surface area (Å²) in [7, 11) is 0. The Kier molecular flexibility index (Phi) is 9.72. The van der Waals surface area contributed by atoms with Crippen molar-refractivity contribution in [2.24, 2.45) is 5.92 Å². The summed E-state index contributed by atoms with van der Waals surface area (Å²) in [6, 6.07) is 8.04. The largest absolute Gasteiger partial charge is 0.494 e. The highest BCUT2D eigenvalue weighted by atomic mass is 35.5. The SMILES string of the molecule is Cc1ccc(OCCCNC(=O)CCC2CCNCC2)cc1.Cl. The van der Waals surface area contributed by atoms with Gasteiger partial charge in [-0.2, -0.15) is 0 Å². The van der Waals surface area contributed by atoms with Crippen molar-refractivity contribution in [2.75, 3.05) is 26.2 Å². The van der Waals surface area contributed by atoms with E-state index in [1.807, 2.05) is 24.3 Å². The highest BCUT2D eigenvalue weighted by Gasteiger charge is 2.14. The second-order valence-electron chi connectivity index (χ2n) is 6.10. The Hall–Kier alpha value is -1.26. The maximum Gasteiger partial charge on any atom is 0.220 e. The lowest BCUT2D eigenvalue weighted by Gasteiger charge is -2.22. The molecule has 1 aromatic rings. The van der Waals surface area contributed by atoms with Gasteiger partial charge >= 0.3 is 0 Å². The average molecular weight is 341 g/mol. The van der Waals surface area contributed by atoms with Crippen molar-refractivity contribution < 1.29 is 9.53 Å². The molecule has 1 aliphatic heterocycles. The summed E-state index contributed by atoms with van der Waals surface area (Å²) in [5.74, 6) is 1.79. The summed E-state index contributed by atoms with van der Waals surface area (Å²) in [6.07, 6.45) is 4.93. The molecule has 1 amide bonds. The molecule has 0 aliphatic carbocycles. The van der Waals surface area contributed by atoms with Gasteiger partial charge < -0.3 is 15.4 Å². The molecule has 2 N–H and O–H groups in total. The third kappa shape index (κ3) is 8.24. The molecular formula is C18H29ClN2O2. The number of carbonyl (C=O) groups is 1. The van der Waals surface area contributed by atoms with E-state index in [1.54, 1.807) is 0 Å². The Morgan fingerprint density at radius 1 is 1.26 bits per heavy atom. The molecule has 1 heterocycles. The molecule has 0 radical (unpaired) electrons. The molecule has 0 unspecified atom stereocenters. The number of hydrogen-bond donors (Lipinski definition) is 2. The second-order valence-corrected chi connectivity index (χ2v) is 6.10. The zero-order valence-electron chi connectivity index (χ0n) is 14.0. The number of halogens is 1. The van der Waals surface area contributed by atoms with Gasteiger partial charge in [0, 0.05) is 13.0 Å².